The summed E-state index contributed by atoms with van der Waals surface area (Å²) < 4.78 is 0. The lowest BCUT2D eigenvalue weighted by molar-refractivity contribution is -0.129. The maximum absolute atomic E-state index is 11.9. The van der Waals surface area contributed by atoms with Crippen LogP contribution in [0.3, 0.4) is 0 Å². The Morgan fingerprint density at radius 2 is 2.00 bits per heavy atom. The summed E-state index contributed by atoms with van der Waals surface area (Å²) >= 11 is 0. The first kappa shape index (κ1) is 13.5. The van der Waals surface area contributed by atoms with Gasteiger partial charge < -0.3 is 10.6 Å². The first-order valence-corrected chi connectivity index (χ1v) is 5.74. The summed E-state index contributed by atoms with van der Waals surface area (Å²) in [6.07, 6.45) is 6.18. The van der Waals surface area contributed by atoms with Gasteiger partial charge in [0, 0.05) is 12.6 Å². The molecule has 0 aromatic rings. The average molecular weight is 236 g/mol. The Bertz CT molecular complexity index is 375. The van der Waals surface area contributed by atoms with Crippen molar-refractivity contribution in [2.45, 2.75) is 33.2 Å². The first-order valence-electron chi connectivity index (χ1n) is 5.74. The maximum Gasteiger partial charge on any atom is 0.248 e. The maximum atomic E-state index is 11.9. The van der Waals surface area contributed by atoms with E-state index in [0.29, 0.717) is 12.0 Å². The first-order chi connectivity index (χ1) is 7.86. The smallest absolute Gasteiger partial charge is 0.248 e. The van der Waals surface area contributed by atoms with E-state index in [1.165, 1.54) is 0 Å². The molecule has 0 aromatic carbocycles. The highest BCUT2D eigenvalue weighted by atomic mass is 16.2. The number of hydrogen-bond donors (Lipinski definition) is 2. The van der Waals surface area contributed by atoms with Crippen molar-refractivity contribution < 1.29 is 9.59 Å². The van der Waals surface area contributed by atoms with Crippen molar-refractivity contribution in [3.8, 4) is 0 Å². The Morgan fingerprint density at radius 3 is 2.41 bits per heavy atom. The lowest BCUT2D eigenvalue weighted by Gasteiger charge is -2.30. The van der Waals surface area contributed by atoms with Crippen molar-refractivity contribution >= 4 is 11.8 Å². The summed E-state index contributed by atoms with van der Waals surface area (Å²) in [5.41, 5.74) is 0.380. The molecule has 2 N–H and O–H groups in total. The Labute approximate surface area is 102 Å². The van der Waals surface area contributed by atoms with Gasteiger partial charge in [0.2, 0.25) is 11.8 Å². The fourth-order valence-corrected chi connectivity index (χ4v) is 1.66. The van der Waals surface area contributed by atoms with Gasteiger partial charge in [-0.15, -0.1) is 0 Å². The van der Waals surface area contributed by atoms with Gasteiger partial charge in [0.05, 0.1) is 0 Å². The number of carbonyl (C=O) groups is 2. The number of allylic oxidation sites excluding steroid dienone is 3. The number of nitrogens with one attached hydrogen (secondary N) is 2. The number of amides is 2. The van der Waals surface area contributed by atoms with Gasteiger partial charge in [-0.1, -0.05) is 39.0 Å². The van der Waals surface area contributed by atoms with Crippen molar-refractivity contribution in [3.63, 3.8) is 0 Å². The normalized spacial score (nSPS) is 16.4. The van der Waals surface area contributed by atoms with Gasteiger partial charge >= 0.3 is 0 Å². The minimum Gasteiger partial charge on any atom is -0.357 e. The van der Waals surface area contributed by atoms with Crippen LogP contribution in [0.15, 0.2) is 23.8 Å². The molecule has 0 aromatic heterocycles. The molecule has 0 saturated carbocycles. The molecule has 1 aliphatic carbocycles. The fourth-order valence-electron chi connectivity index (χ4n) is 1.66. The van der Waals surface area contributed by atoms with E-state index in [-0.39, 0.29) is 17.2 Å². The van der Waals surface area contributed by atoms with Crippen LogP contribution in [0.2, 0.25) is 0 Å². The molecule has 0 fully saturated rings. The second-order valence-electron chi connectivity index (χ2n) is 5.21. The second-order valence-corrected chi connectivity index (χ2v) is 5.21. The monoisotopic (exact) mass is 236 g/mol. The molecule has 4 heteroatoms. The predicted octanol–water partition coefficient (Wildman–Crippen LogP) is 1.15. The van der Waals surface area contributed by atoms with Gasteiger partial charge in [-0.05, 0) is 11.8 Å². The van der Waals surface area contributed by atoms with Crippen LogP contribution in [0.5, 0.6) is 0 Å². The fraction of sp³-hybridized carbons (Fsp3) is 0.538. The molecule has 0 unspecified atom stereocenters. The van der Waals surface area contributed by atoms with Gasteiger partial charge in [-0.25, -0.2) is 0 Å². The molecular weight excluding hydrogens is 216 g/mol. The van der Waals surface area contributed by atoms with Gasteiger partial charge in [0.25, 0.3) is 0 Å². The van der Waals surface area contributed by atoms with Gasteiger partial charge in [0.1, 0.15) is 6.04 Å². The second kappa shape index (κ2) is 5.17. The third-order valence-corrected chi connectivity index (χ3v) is 2.71. The molecular formula is C13H20N2O2. The van der Waals surface area contributed by atoms with Crippen LogP contribution in [0.1, 0.15) is 27.2 Å². The summed E-state index contributed by atoms with van der Waals surface area (Å²) in [7, 11) is 1.57. The number of carbonyl (C=O) groups excluding carboxylic acids is 2. The summed E-state index contributed by atoms with van der Waals surface area (Å²) in [5, 5.41) is 5.37. The molecule has 94 valence electrons. The summed E-state index contributed by atoms with van der Waals surface area (Å²) in [5.74, 6) is -0.337. The van der Waals surface area contributed by atoms with Crippen LogP contribution in [0.25, 0.3) is 0 Å². The molecule has 0 heterocycles. The molecule has 1 aliphatic rings. The van der Waals surface area contributed by atoms with Crippen LogP contribution >= 0.6 is 0 Å². The summed E-state index contributed by atoms with van der Waals surface area (Å²) in [4.78, 5) is 23.7. The van der Waals surface area contributed by atoms with E-state index >= 15 is 0 Å². The van der Waals surface area contributed by atoms with Gasteiger partial charge in [-0.2, -0.15) is 0 Å². The lowest BCUT2D eigenvalue weighted by Crippen LogP contribution is -2.53. The number of rotatable bonds is 3. The molecule has 2 amide bonds. The third-order valence-electron chi connectivity index (χ3n) is 2.71. The quantitative estimate of drug-likeness (QED) is 0.772. The van der Waals surface area contributed by atoms with Crippen LogP contribution in [-0.2, 0) is 9.59 Å². The molecule has 0 bridgehead atoms. The van der Waals surface area contributed by atoms with Crippen LogP contribution in [0.4, 0.5) is 0 Å². The molecule has 0 spiro atoms. The number of hydrogen-bond acceptors (Lipinski definition) is 2. The van der Waals surface area contributed by atoms with E-state index in [9.17, 15) is 9.59 Å². The highest BCUT2D eigenvalue weighted by Crippen LogP contribution is 2.20. The van der Waals surface area contributed by atoms with Gasteiger partial charge in [0.15, 0.2) is 0 Å². The Balaban J connectivity index is 2.73. The zero-order chi connectivity index (χ0) is 13.1. The van der Waals surface area contributed by atoms with E-state index in [4.69, 9.17) is 0 Å². The summed E-state index contributed by atoms with van der Waals surface area (Å²) in [6.45, 7) is 5.78. The lowest BCUT2D eigenvalue weighted by atomic mass is 9.86. The minimum atomic E-state index is -0.526. The molecule has 1 rings (SSSR count). The standard InChI is InChI=1S/C13H20N2O2/c1-13(2,3)10(12(17)14-4)15-11(16)9-7-5-6-8-9/h5-7,10H,8H2,1-4H3,(H,14,17)(H,15,16)/t10-/m1/s1. The predicted molar refractivity (Wildman–Crippen MR) is 67.3 cm³/mol. The zero-order valence-electron chi connectivity index (χ0n) is 10.8. The molecule has 1 atom stereocenters. The Morgan fingerprint density at radius 1 is 1.35 bits per heavy atom. The molecule has 0 saturated heterocycles. The van der Waals surface area contributed by atoms with Gasteiger partial charge in [-0.3, -0.25) is 9.59 Å². The zero-order valence-corrected chi connectivity index (χ0v) is 10.8. The van der Waals surface area contributed by atoms with E-state index in [2.05, 4.69) is 10.6 Å². The molecule has 0 aliphatic heterocycles. The topological polar surface area (TPSA) is 58.2 Å². The minimum absolute atomic E-state index is 0.168. The van der Waals surface area contributed by atoms with Crippen molar-refractivity contribution in [3.05, 3.63) is 23.8 Å². The number of likely N-dealkylation sites (N-methyl/N-ethyl adjacent to an activating group) is 1. The van der Waals surface area contributed by atoms with E-state index < -0.39 is 6.04 Å². The van der Waals surface area contributed by atoms with Crippen LogP contribution < -0.4 is 10.6 Å². The van der Waals surface area contributed by atoms with E-state index in [1.807, 2.05) is 32.9 Å². The van der Waals surface area contributed by atoms with Crippen molar-refractivity contribution in [1.82, 2.24) is 10.6 Å². The van der Waals surface area contributed by atoms with E-state index in [0.717, 1.165) is 0 Å². The van der Waals surface area contributed by atoms with Crippen molar-refractivity contribution in [2.75, 3.05) is 7.05 Å². The molecule has 0 radical (unpaired) electrons. The van der Waals surface area contributed by atoms with Crippen LogP contribution in [-0.4, -0.2) is 24.9 Å². The molecule has 4 nitrogen and oxygen atoms in total. The average Bonchev–Trinajstić information content (AvgIpc) is 2.76. The highest BCUT2D eigenvalue weighted by molar-refractivity contribution is 5.98. The third kappa shape index (κ3) is 3.44. The SMILES string of the molecule is CNC(=O)[C@@H](NC(=O)C1=CC=CC1)C(C)(C)C. The highest BCUT2D eigenvalue weighted by Gasteiger charge is 2.32. The van der Waals surface area contributed by atoms with E-state index in [1.54, 1.807) is 13.1 Å². The molecule has 17 heavy (non-hydrogen) atoms. The van der Waals surface area contributed by atoms with Crippen molar-refractivity contribution in [2.24, 2.45) is 5.41 Å². The van der Waals surface area contributed by atoms with Crippen molar-refractivity contribution in [1.29, 1.82) is 0 Å². The largest absolute Gasteiger partial charge is 0.357 e. The Kier molecular flexibility index (Phi) is 4.10. The van der Waals surface area contributed by atoms with Crippen LogP contribution in [0, 0.1) is 5.41 Å². The summed E-state index contributed by atoms with van der Waals surface area (Å²) in [6, 6.07) is -0.526. The Hall–Kier alpha value is -1.58.